The third-order valence-electron chi connectivity index (χ3n) is 6.81. The molecule has 2 amide bonds. The van der Waals surface area contributed by atoms with Gasteiger partial charge >= 0.3 is 0 Å². The van der Waals surface area contributed by atoms with Gasteiger partial charge in [0.1, 0.15) is 18.0 Å². The van der Waals surface area contributed by atoms with Crippen molar-refractivity contribution in [2.75, 3.05) is 33.4 Å². The molecular formula is C26H37IN2O6. The molecule has 35 heavy (non-hydrogen) atoms. The van der Waals surface area contributed by atoms with Crippen LogP contribution >= 0.6 is 22.6 Å². The molecule has 2 aliphatic rings. The van der Waals surface area contributed by atoms with Crippen LogP contribution < -0.4 is 10.1 Å². The van der Waals surface area contributed by atoms with Gasteiger partial charge in [-0.3, -0.25) is 9.59 Å². The van der Waals surface area contributed by atoms with Crippen LogP contribution in [0.15, 0.2) is 35.9 Å². The molecule has 2 aliphatic carbocycles. The van der Waals surface area contributed by atoms with Crippen LogP contribution in [0.3, 0.4) is 0 Å². The molecule has 0 aliphatic heterocycles. The van der Waals surface area contributed by atoms with E-state index in [0.29, 0.717) is 36.8 Å². The zero-order valence-electron chi connectivity index (χ0n) is 20.3. The fourth-order valence-corrected chi connectivity index (χ4v) is 5.42. The molecule has 0 aromatic heterocycles. The molecule has 9 heteroatoms. The van der Waals surface area contributed by atoms with E-state index in [1.165, 1.54) is 25.7 Å². The van der Waals surface area contributed by atoms with E-state index in [2.05, 4.69) is 27.9 Å². The summed E-state index contributed by atoms with van der Waals surface area (Å²) in [4.78, 5) is 27.9. The number of aliphatic hydroxyl groups excluding tert-OH is 2. The maximum atomic E-state index is 13.4. The highest BCUT2D eigenvalue weighted by Gasteiger charge is 2.40. The molecule has 3 rings (SSSR count). The Kier molecular flexibility index (Phi) is 11.3. The number of amides is 2. The first kappa shape index (κ1) is 27.9. The van der Waals surface area contributed by atoms with E-state index in [9.17, 15) is 14.7 Å². The largest absolute Gasteiger partial charge is 0.482 e. The Balaban J connectivity index is 1.83. The van der Waals surface area contributed by atoms with E-state index >= 15 is 0 Å². The molecule has 1 aromatic carbocycles. The second-order valence-electron chi connectivity index (χ2n) is 9.22. The third kappa shape index (κ3) is 7.90. The fourth-order valence-electron chi connectivity index (χ4n) is 4.90. The number of hydrogen-bond acceptors (Lipinski definition) is 6. The number of nitrogens with one attached hydrogen (secondary N) is 1. The molecule has 3 N–H and O–H groups in total. The summed E-state index contributed by atoms with van der Waals surface area (Å²) in [6, 6.07) is 6.83. The van der Waals surface area contributed by atoms with Crippen molar-refractivity contribution >= 4 is 34.4 Å². The lowest BCUT2D eigenvalue weighted by atomic mass is 9.87. The van der Waals surface area contributed by atoms with Crippen LogP contribution in [0.1, 0.15) is 44.9 Å². The van der Waals surface area contributed by atoms with Crippen molar-refractivity contribution in [3.05, 3.63) is 39.5 Å². The molecule has 1 aromatic rings. The van der Waals surface area contributed by atoms with Gasteiger partial charge in [-0.05, 0) is 53.1 Å². The summed E-state index contributed by atoms with van der Waals surface area (Å²) in [6.07, 6.45) is 6.03. The lowest BCUT2D eigenvalue weighted by Crippen LogP contribution is -2.55. The Hall–Kier alpha value is -1.69. The van der Waals surface area contributed by atoms with Gasteiger partial charge in [-0.25, -0.2) is 0 Å². The number of benzene rings is 1. The number of methoxy groups -OCH3 is 1. The minimum atomic E-state index is -1.02. The average Bonchev–Trinajstić information content (AvgIpc) is 3.38. The third-order valence-corrected chi connectivity index (χ3v) is 7.70. The van der Waals surface area contributed by atoms with E-state index < -0.39 is 18.2 Å². The van der Waals surface area contributed by atoms with E-state index in [1.54, 1.807) is 18.1 Å². The molecule has 0 heterocycles. The van der Waals surface area contributed by atoms with Gasteiger partial charge in [0.2, 0.25) is 11.8 Å². The van der Waals surface area contributed by atoms with Crippen LogP contribution in [-0.2, 0) is 14.3 Å². The van der Waals surface area contributed by atoms with Crippen molar-refractivity contribution in [2.45, 2.75) is 63.2 Å². The van der Waals surface area contributed by atoms with Gasteiger partial charge in [0.25, 0.3) is 0 Å². The van der Waals surface area contributed by atoms with Crippen molar-refractivity contribution in [3.8, 4) is 5.75 Å². The van der Waals surface area contributed by atoms with Gasteiger partial charge in [-0.2, -0.15) is 0 Å². The summed E-state index contributed by atoms with van der Waals surface area (Å²) >= 11 is 2.16. The standard InChI is InChI=1S/C26H37IN2O6/c1-34-15-13-29(24(31)11-10-18-6-2-3-7-18)21-16-19(26(33)28-12-14-30)17-23(25(21)32)35-22-9-5-4-8-20(22)27/h4-5,8-9,17-18,21,23,25,30,32H,2-3,6-7,10-16H2,1H3,(H,28,33). The number of nitrogens with zero attached hydrogens (tertiary/aromatic N) is 1. The molecule has 3 unspecified atom stereocenters. The molecule has 0 radical (unpaired) electrons. The van der Waals surface area contributed by atoms with Crippen molar-refractivity contribution in [1.82, 2.24) is 10.2 Å². The van der Waals surface area contributed by atoms with Crippen molar-refractivity contribution < 1.29 is 29.3 Å². The van der Waals surface area contributed by atoms with Gasteiger partial charge in [0, 0.05) is 38.6 Å². The smallest absolute Gasteiger partial charge is 0.247 e. The number of rotatable bonds is 12. The normalized spacial score (nSPS) is 22.5. The van der Waals surface area contributed by atoms with Gasteiger partial charge < -0.3 is 29.9 Å². The van der Waals surface area contributed by atoms with E-state index in [1.807, 2.05) is 24.3 Å². The highest BCUT2D eigenvalue weighted by molar-refractivity contribution is 14.1. The number of carbonyl (C=O) groups excluding carboxylic acids is 2. The Labute approximate surface area is 221 Å². The van der Waals surface area contributed by atoms with Gasteiger partial charge in [0.15, 0.2) is 0 Å². The molecule has 8 nitrogen and oxygen atoms in total. The summed E-state index contributed by atoms with van der Waals surface area (Å²) in [5.74, 6) is 0.802. The second kappa shape index (κ2) is 14.2. The van der Waals surface area contributed by atoms with Crippen molar-refractivity contribution in [2.24, 2.45) is 5.92 Å². The van der Waals surface area contributed by atoms with E-state index in [4.69, 9.17) is 14.6 Å². The Morgan fingerprint density at radius 2 is 1.97 bits per heavy atom. The minimum absolute atomic E-state index is 0.0388. The van der Waals surface area contributed by atoms with Gasteiger partial charge in [-0.1, -0.05) is 37.8 Å². The summed E-state index contributed by atoms with van der Waals surface area (Å²) < 4.78 is 12.3. The maximum absolute atomic E-state index is 13.4. The molecule has 1 fully saturated rings. The van der Waals surface area contributed by atoms with E-state index in [0.717, 1.165) is 9.99 Å². The molecule has 0 saturated heterocycles. The van der Waals surface area contributed by atoms with Crippen LogP contribution in [-0.4, -0.2) is 78.6 Å². The summed E-state index contributed by atoms with van der Waals surface area (Å²) in [7, 11) is 1.58. The molecular weight excluding hydrogens is 563 g/mol. The van der Waals surface area contributed by atoms with E-state index in [-0.39, 0.29) is 31.4 Å². The number of halogens is 1. The zero-order chi connectivity index (χ0) is 25.2. The lowest BCUT2D eigenvalue weighted by molar-refractivity contribution is -0.139. The Bertz CT molecular complexity index is 873. The number of ether oxygens (including phenoxy) is 2. The van der Waals surface area contributed by atoms with Crippen LogP contribution in [0.2, 0.25) is 0 Å². The van der Waals surface area contributed by atoms with Gasteiger partial charge in [0.05, 0.1) is 22.8 Å². The predicted octanol–water partition coefficient (Wildman–Crippen LogP) is 2.65. The number of hydrogen-bond donors (Lipinski definition) is 3. The zero-order valence-corrected chi connectivity index (χ0v) is 22.5. The maximum Gasteiger partial charge on any atom is 0.247 e. The quantitative estimate of drug-likeness (QED) is 0.319. The SMILES string of the molecule is COCCN(C(=O)CCC1CCCC1)C1CC(C(=O)NCCO)=CC(Oc2ccccc2I)C1O. The summed E-state index contributed by atoms with van der Waals surface area (Å²) in [5.41, 5.74) is 0.427. The van der Waals surface area contributed by atoms with Crippen molar-refractivity contribution in [1.29, 1.82) is 0 Å². The Morgan fingerprint density at radius 1 is 1.23 bits per heavy atom. The van der Waals surface area contributed by atoms with Crippen LogP contribution in [0.25, 0.3) is 0 Å². The second-order valence-corrected chi connectivity index (χ2v) is 10.4. The lowest BCUT2D eigenvalue weighted by Gasteiger charge is -2.40. The number of carbonyl (C=O) groups is 2. The first-order valence-corrected chi connectivity index (χ1v) is 13.5. The van der Waals surface area contributed by atoms with Crippen LogP contribution in [0.5, 0.6) is 5.75 Å². The first-order valence-electron chi connectivity index (χ1n) is 12.4. The number of aliphatic hydroxyl groups is 2. The highest BCUT2D eigenvalue weighted by Crippen LogP contribution is 2.32. The topological polar surface area (TPSA) is 108 Å². The minimum Gasteiger partial charge on any atom is -0.482 e. The average molecular weight is 600 g/mol. The molecule has 0 spiro atoms. The summed E-state index contributed by atoms with van der Waals surface area (Å²) in [5, 5.41) is 23.2. The Morgan fingerprint density at radius 3 is 2.66 bits per heavy atom. The predicted molar refractivity (Wildman–Crippen MR) is 141 cm³/mol. The molecule has 3 atom stereocenters. The molecule has 1 saturated carbocycles. The number of para-hydroxylation sites is 1. The first-order chi connectivity index (χ1) is 16.9. The monoisotopic (exact) mass is 600 g/mol. The summed E-state index contributed by atoms with van der Waals surface area (Å²) in [6.45, 7) is 0.602. The van der Waals surface area contributed by atoms with Crippen molar-refractivity contribution in [3.63, 3.8) is 0 Å². The molecule has 0 bridgehead atoms. The van der Waals surface area contributed by atoms with Crippen LogP contribution in [0, 0.1) is 9.49 Å². The molecule has 194 valence electrons. The van der Waals surface area contributed by atoms with Crippen LogP contribution in [0.4, 0.5) is 0 Å². The highest BCUT2D eigenvalue weighted by atomic mass is 127. The fraction of sp³-hybridized carbons (Fsp3) is 0.615. The van der Waals surface area contributed by atoms with Gasteiger partial charge in [-0.15, -0.1) is 0 Å².